The number of aryl methyl sites for hydroxylation is 1. The highest BCUT2D eigenvalue weighted by Gasteiger charge is 2.46. The molecule has 2 atom stereocenters. The average Bonchev–Trinajstić information content (AvgIpc) is 3.01. The summed E-state index contributed by atoms with van der Waals surface area (Å²) in [4.78, 5) is 14.8. The number of methoxy groups -OCH3 is 2. The van der Waals surface area contributed by atoms with Crippen LogP contribution < -0.4 is 4.74 Å². The van der Waals surface area contributed by atoms with E-state index in [1.54, 1.807) is 7.11 Å². The monoisotopic (exact) mass is 331 g/mol. The Morgan fingerprint density at radius 2 is 1.96 bits per heavy atom. The summed E-state index contributed by atoms with van der Waals surface area (Å²) in [6.07, 6.45) is 7.58. The van der Waals surface area contributed by atoms with E-state index < -0.39 is 0 Å². The number of piperidine rings is 1. The largest absolute Gasteiger partial charge is 0.497 e. The summed E-state index contributed by atoms with van der Waals surface area (Å²) in [5.74, 6) is 1.14. The molecule has 0 unspecified atom stereocenters. The van der Waals surface area contributed by atoms with Gasteiger partial charge in [-0.05, 0) is 49.8 Å². The first kappa shape index (κ1) is 17.3. The molecule has 1 saturated heterocycles. The first-order chi connectivity index (χ1) is 11.7. The van der Waals surface area contributed by atoms with Crippen molar-refractivity contribution in [2.75, 3.05) is 27.3 Å². The molecule has 24 heavy (non-hydrogen) atoms. The van der Waals surface area contributed by atoms with Gasteiger partial charge in [0.1, 0.15) is 5.75 Å². The molecule has 1 aliphatic heterocycles. The van der Waals surface area contributed by atoms with Gasteiger partial charge < -0.3 is 14.4 Å². The smallest absolute Gasteiger partial charge is 0.222 e. The number of amides is 1. The molecule has 1 saturated carbocycles. The second-order valence-corrected chi connectivity index (χ2v) is 7.25. The highest BCUT2D eigenvalue weighted by Crippen LogP contribution is 2.46. The van der Waals surface area contributed by atoms with Gasteiger partial charge >= 0.3 is 0 Å². The van der Waals surface area contributed by atoms with Gasteiger partial charge in [0, 0.05) is 32.0 Å². The van der Waals surface area contributed by atoms with Crippen LogP contribution >= 0.6 is 0 Å². The van der Waals surface area contributed by atoms with Crippen LogP contribution in [0.1, 0.15) is 44.1 Å². The van der Waals surface area contributed by atoms with E-state index in [-0.39, 0.29) is 11.3 Å². The third kappa shape index (κ3) is 3.59. The Balaban J connectivity index is 1.56. The third-order valence-electron chi connectivity index (χ3n) is 5.86. The van der Waals surface area contributed by atoms with Crippen molar-refractivity contribution in [2.45, 2.75) is 51.0 Å². The van der Waals surface area contributed by atoms with Crippen molar-refractivity contribution < 1.29 is 14.3 Å². The van der Waals surface area contributed by atoms with E-state index in [0.29, 0.717) is 12.5 Å². The molecule has 3 rings (SSSR count). The van der Waals surface area contributed by atoms with Crippen molar-refractivity contribution in [3.05, 3.63) is 29.8 Å². The zero-order valence-electron chi connectivity index (χ0n) is 14.9. The molecular weight excluding hydrogens is 302 g/mol. The molecule has 132 valence electrons. The van der Waals surface area contributed by atoms with Crippen LogP contribution in [0.25, 0.3) is 0 Å². The van der Waals surface area contributed by atoms with E-state index in [2.05, 4.69) is 4.90 Å². The minimum Gasteiger partial charge on any atom is -0.497 e. The SMILES string of the molecule is COc1ccc(CCC(=O)N2CCC[C@]3(CCC[C@H]3OC)C2)cc1. The highest BCUT2D eigenvalue weighted by atomic mass is 16.5. The van der Waals surface area contributed by atoms with Crippen LogP contribution in [0.4, 0.5) is 0 Å². The second kappa shape index (κ2) is 7.56. The van der Waals surface area contributed by atoms with Crippen LogP contribution in [0, 0.1) is 5.41 Å². The third-order valence-corrected chi connectivity index (χ3v) is 5.86. The molecule has 1 aromatic rings. The Labute approximate surface area is 145 Å². The Kier molecular flexibility index (Phi) is 5.44. The maximum absolute atomic E-state index is 12.7. The Morgan fingerprint density at radius 3 is 2.67 bits per heavy atom. The van der Waals surface area contributed by atoms with Gasteiger partial charge in [-0.25, -0.2) is 0 Å². The fraction of sp³-hybridized carbons (Fsp3) is 0.650. The molecule has 2 fully saturated rings. The highest BCUT2D eigenvalue weighted by molar-refractivity contribution is 5.76. The Morgan fingerprint density at radius 1 is 1.21 bits per heavy atom. The lowest BCUT2D eigenvalue weighted by atomic mass is 9.76. The predicted octanol–water partition coefficient (Wildman–Crippen LogP) is 3.44. The molecule has 2 aliphatic rings. The second-order valence-electron chi connectivity index (χ2n) is 7.25. The molecule has 1 amide bonds. The van der Waals surface area contributed by atoms with Crippen molar-refractivity contribution in [1.29, 1.82) is 0 Å². The fourth-order valence-electron chi connectivity index (χ4n) is 4.52. The lowest BCUT2D eigenvalue weighted by molar-refractivity contribution is -0.137. The van der Waals surface area contributed by atoms with Gasteiger partial charge in [-0.2, -0.15) is 0 Å². The Hall–Kier alpha value is -1.55. The van der Waals surface area contributed by atoms with Crippen molar-refractivity contribution in [3.8, 4) is 5.75 Å². The summed E-state index contributed by atoms with van der Waals surface area (Å²) in [6, 6.07) is 8.00. The van der Waals surface area contributed by atoms with E-state index in [1.165, 1.54) is 24.8 Å². The molecule has 4 heteroatoms. The predicted molar refractivity (Wildman–Crippen MR) is 94.2 cm³/mol. The van der Waals surface area contributed by atoms with Gasteiger partial charge in [0.25, 0.3) is 0 Å². The summed E-state index contributed by atoms with van der Waals surface area (Å²) in [5, 5.41) is 0. The minimum absolute atomic E-state index is 0.211. The molecule has 0 N–H and O–H groups in total. The summed E-state index contributed by atoms with van der Waals surface area (Å²) in [6.45, 7) is 1.78. The number of likely N-dealkylation sites (tertiary alicyclic amines) is 1. The fourth-order valence-corrected chi connectivity index (χ4v) is 4.52. The maximum Gasteiger partial charge on any atom is 0.222 e. The number of hydrogen-bond acceptors (Lipinski definition) is 3. The van der Waals surface area contributed by atoms with Gasteiger partial charge in [-0.3, -0.25) is 4.79 Å². The molecule has 0 radical (unpaired) electrons. The number of nitrogens with zero attached hydrogens (tertiary/aromatic N) is 1. The first-order valence-electron chi connectivity index (χ1n) is 9.10. The van der Waals surface area contributed by atoms with Crippen molar-refractivity contribution in [2.24, 2.45) is 5.41 Å². The standard InChI is InChI=1S/C20H29NO3/c1-23-17-9-6-16(7-10-17)8-11-19(22)21-14-4-13-20(15-21)12-3-5-18(20)24-2/h6-7,9-10,18H,3-5,8,11-15H2,1-2H3/t18-,20-/m1/s1. The number of carbonyl (C=O) groups excluding carboxylic acids is 1. The van der Waals surface area contributed by atoms with E-state index in [0.717, 1.165) is 38.1 Å². The first-order valence-corrected chi connectivity index (χ1v) is 9.10. The lowest BCUT2D eigenvalue weighted by Gasteiger charge is -2.43. The van der Waals surface area contributed by atoms with Crippen LogP contribution in [0.3, 0.4) is 0 Å². The zero-order chi connectivity index (χ0) is 17.0. The van der Waals surface area contributed by atoms with Gasteiger partial charge in [0.15, 0.2) is 0 Å². The molecule has 0 bridgehead atoms. The summed E-state index contributed by atoms with van der Waals surface area (Å²) in [5.41, 5.74) is 1.40. The molecule has 4 nitrogen and oxygen atoms in total. The maximum atomic E-state index is 12.7. The quantitative estimate of drug-likeness (QED) is 0.830. The summed E-state index contributed by atoms with van der Waals surface area (Å²) < 4.78 is 10.9. The molecule has 0 aromatic heterocycles. The van der Waals surface area contributed by atoms with Crippen molar-refractivity contribution in [1.82, 2.24) is 4.90 Å². The van der Waals surface area contributed by atoms with E-state index >= 15 is 0 Å². The summed E-state index contributed by atoms with van der Waals surface area (Å²) in [7, 11) is 3.49. The van der Waals surface area contributed by atoms with Crippen molar-refractivity contribution in [3.63, 3.8) is 0 Å². The van der Waals surface area contributed by atoms with Crippen LogP contribution in [-0.4, -0.2) is 44.2 Å². The molecule has 1 aromatic carbocycles. The van der Waals surface area contributed by atoms with Crippen LogP contribution in [0.15, 0.2) is 24.3 Å². The number of ether oxygens (including phenoxy) is 2. The van der Waals surface area contributed by atoms with E-state index in [9.17, 15) is 4.79 Å². The number of rotatable bonds is 5. The molecular formula is C20H29NO3. The zero-order valence-corrected chi connectivity index (χ0v) is 14.9. The molecule has 1 aliphatic carbocycles. The number of carbonyl (C=O) groups is 1. The molecule has 1 heterocycles. The normalized spacial score (nSPS) is 26.8. The molecule has 1 spiro atoms. The lowest BCUT2D eigenvalue weighted by Crippen LogP contribution is -2.49. The van der Waals surface area contributed by atoms with Crippen LogP contribution in [0.2, 0.25) is 0 Å². The van der Waals surface area contributed by atoms with Gasteiger partial charge in [-0.15, -0.1) is 0 Å². The van der Waals surface area contributed by atoms with Gasteiger partial charge in [-0.1, -0.05) is 18.6 Å². The van der Waals surface area contributed by atoms with Crippen LogP contribution in [0.5, 0.6) is 5.75 Å². The average molecular weight is 331 g/mol. The Bertz CT molecular complexity index is 557. The van der Waals surface area contributed by atoms with Gasteiger partial charge in [0.05, 0.1) is 13.2 Å². The van der Waals surface area contributed by atoms with Gasteiger partial charge in [0.2, 0.25) is 5.91 Å². The number of hydrogen-bond donors (Lipinski definition) is 0. The number of benzene rings is 1. The van der Waals surface area contributed by atoms with E-state index in [4.69, 9.17) is 9.47 Å². The topological polar surface area (TPSA) is 38.8 Å². The minimum atomic E-state index is 0.211. The van der Waals surface area contributed by atoms with Crippen molar-refractivity contribution >= 4 is 5.91 Å². The summed E-state index contributed by atoms with van der Waals surface area (Å²) >= 11 is 0. The van der Waals surface area contributed by atoms with Crippen LogP contribution in [-0.2, 0) is 16.0 Å². The van der Waals surface area contributed by atoms with E-state index in [1.807, 2.05) is 31.4 Å².